The van der Waals surface area contributed by atoms with Crippen LogP contribution < -0.4 is 5.56 Å². The van der Waals surface area contributed by atoms with E-state index in [1.807, 2.05) is 0 Å². The van der Waals surface area contributed by atoms with E-state index < -0.39 is 11.6 Å². The molecule has 0 saturated carbocycles. The van der Waals surface area contributed by atoms with E-state index in [0.29, 0.717) is 29.8 Å². The lowest BCUT2D eigenvalue weighted by Crippen LogP contribution is -2.40. The molecular formula is C16H15F2N3O2. The number of halogens is 2. The van der Waals surface area contributed by atoms with Crippen molar-refractivity contribution < 1.29 is 13.6 Å². The van der Waals surface area contributed by atoms with Crippen molar-refractivity contribution in [2.45, 2.75) is 19.4 Å². The summed E-state index contributed by atoms with van der Waals surface area (Å²) in [6.07, 6.45) is 1.86. The van der Waals surface area contributed by atoms with Crippen molar-refractivity contribution in [1.82, 2.24) is 14.5 Å². The molecule has 0 spiro atoms. The van der Waals surface area contributed by atoms with Crippen LogP contribution in [0.15, 0.2) is 29.3 Å². The summed E-state index contributed by atoms with van der Waals surface area (Å²) in [5.74, 6) is -2.11. The average Bonchev–Trinajstić information content (AvgIpc) is 2.54. The highest BCUT2D eigenvalue weighted by Crippen LogP contribution is 2.16. The monoisotopic (exact) mass is 319 g/mol. The third-order valence-corrected chi connectivity index (χ3v) is 3.98. The zero-order valence-corrected chi connectivity index (χ0v) is 12.6. The van der Waals surface area contributed by atoms with Gasteiger partial charge < -0.3 is 9.47 Å². The number of fused-ring (bicyclic) bond motifs is 1. The minimum Gasteiger partial charge on any atom is -0.336 e. The van der Waals surface area contributed by atoms with Crippen molar-refractivity contribution in [3.8, 4) is 0 Å². The summed E-state index contributed by atoms with van der Waals surface area (Å²) in [7, 11) is 1.64. The highest BCUT2D eigenvalue weighted by molar-refractivity contribution is 5.79. The number of rotatable bonds is 2. The number of hydrogen-bond donors (Lipinski definition) is 0. The first-order valence-electron chi connectivity index (χ1n) is 7.21. The zero-order chi connectivity index (χ0) is 16.6. The number of amides is 1. The largest absolute Gasteiger partial charge is 0.336 e. The Morgan fingerprint density at radius 1 is 1.30 bits per heavy atom. The van der Waals surface area contributed by atoms with Crippen LogP contribution in [0.25, 0.3) is 0 Å². The number of nitrogens with zero attached hydrogens (tertiary/aromatic N) is 3. The molecule has 0 N–H and O–H groups in total. The highest BCUT2D eigenvalue weighted by atomic mass is 19.2. The molecule has 2 heterocycles. The third kappa shape index (κ3) is 2.99. The predicted octanol–water partition coefficient (Wildman–Crippen LogP) is 1.19. The molecule has 1 aliphatic heterocycles. The Hall–Kier alpha value is -2.57. The average molecular weight is 319 g/mol. The van der Waals surface area contributed by atoms with Gasteiger partial charge in [-0.1, -0.05) is 6.07 Å². The standard InChI is InChI=1S/C16H15F2N3O2/c1-20-9-19-14-8-21(5-4-11(14)16(20)23)15(22)7-10-2-3-12(17)13(18)6-10/h2-3,6,9H,4-5,7-8H2,1H3. The summed E-state index contributed by atoms with van der Waals surface area (Å²) in [5.41, 5.74) is 1.55. The Morgan fingerprint density at radius 2 is 2.09 bits per heavy atom. The van der Waals surface area contributed by atoms with Crippen molar-refractivity contribution in [2.24, 2.45) is 7.05 Å². The highest BCUT2D eigenvalue weighted by Gasteiger charge is 2.24. The molecule has 23 heavy (non-hydrogen) atoms. The van der Waals surface area contributed by atoms with Crippen LogP contribution in [0.4, 0.5) is 8.78 Å². The van der Waals surface area contributed by atoms with E-state index in [4.69, 9.17) is 0 Å². The van der Waals surface area contributed by atoms with Crippen LogP contribution in [0.2, 0.25) is 0 Å². The molecule has 3 rings (SSSR count). The number of carbonyl (C=O) groups excluding carboxylic acids is 1. The van der Waals surface area contributed by atoms with Gasteiger partial charge in [0, 0.05) is 19.2 Å². The molecule has 0 fully saturated rings. The first kappa shape index (κ1) is 15.3. The molecule has 0 radical (unpaired) electrons. The Labute approximate surface area is 131 Å². The fraction of sp³-hybridized carbons (Fsp3) is 0.312. The molecule has 0 unspecified atom stereocenters. The maximum absolute atomic E-state index is 13.2. The molecule has 1 aromatic carbocycles. The second kappa shape index (κ2) is 5.91. The molecular weight excluding hydrogens is 304 g/mol. The van der Waals surface area contributed by atoms with Crippen LogP contribution in [0, 0.1) is 11.6 Å². The molecule has 0 saturated heterocycles. The molecule has 0 bridgehead atoms. The summed E-state index contributed by atoms with van der Waals surface area (Å²) in [5, 5.41) is 0. The number of aryl methyl sites for hydroxylation is 1. The maximum atomic E-state index is 13.2. The van der Waals surface area contributed by atoms with Gasteiger partial charge in [-0.25, -0.2) is 13.8 Å². The molecule has 7 heteroatoms. The molecule has 1 amide bonds. The maximum Gasteiger partial charge on any atom is 0.256 e. The second-order valence-electron chi connectivity index (χ2n) is 5.58. The van der Waals surface area contributed by atoms with Crippen molar-refractivity contribution in [3.05, 3.63) is 63.3 Å². The lowest BCUT2D eigenvalue weighted by atomic mass is 10.0. The molecule has 2 aromatic rings. The van der Waals surface area contributed by atoms with Crippen LogP contribution in [0.1, 0.15) is 16.8 Å². The fourth-order valence-electron chi connectivity index (χ4n) is 2.67. The van der Waals surface area contributed by atoms with E-state index in [9.17, 15) is 18.4 Å². The minimum absolute atomic E-state index is 0.0165. The van der Waals surface area contributed by atoms with E-state index in [2.05, 4.69) is 4.98 Å². The van der Waals surface area contributed by atoms with Gasteiger partial charge in [-0.2, -0.15) is 0 Å². The van der Waals surface area contributed by atoms with E-state index in [-0.39, 0.29) is 24.4 Å². The van der Waals surface area contributed by atoms with Gasteiger partial charge in [-0.15, -0.1) is 0 Å². The van der Waals surface area contributed by atoms with Gasteiger partial charge >= 0.3 is 0 Å². The zero-order valence-electron chi connectivity index (χ0n) is 12.6. The van der Waals surface area contributed by atoms with E-state index >= 15 is 0 Å². The van der Waals surface area contributed by atoms with Crippen molar-refractivity contribution >= 4 is 5.91 Å². The topological polar surface area (TPSA) is 55.2 Å². The Morgan fingerprint density at radius 3 is 2.83 bits per heavy atom. The van der Waals surface area contributed by atoms with Gasteiger partial charge in [-0.3, -0.25) is 9.59 Å². The Balaban J connectivity index is 1.75. The molecule has 5 nitrogen and oxygen atoms in total. The van der Waals surface area contributed by atoms with Gasteiger partial charge in [0.25, 0.3) is 5.56 Å². The fourth-order valence-corrected chi connectivity index (χ4v) is 2.67. The first-order chi connectivity index (χ1) is 11.0. The number of aromatic nitrogens is 2. The lowest BCUT2D eigenvalue weighted by Gasteiger charge is -2.28. The van der Waals surface area contributed by atoms with Crippen LogP contribution in [-0.4, -0.2) is 26.9 Å². The predicted molar refractivity (Wildman–Crippen MR) is 78.7 cm³/mol. The van der Waals surface area contributed by atoms with Crippen LogP contribution in [0.5, 0.6) is 0 Å². The number of hydrogen-bond acceptors (Lipinski definition) is 3. The van der Waals surface area contributed by atoms with Gasteiger partial charge in [0.05, 0.1) is 25.0 Å². The van der Waals surface area contributed by atoms with Crippen molar-refractivity contribution in [3.63, 3.8) is 0 Å². The summed E-state index contributed by atoms with van der Waals surface area (Å²) in [6, 6.07) is 3.43. The van der Waals surface area contributed by atoms with Crippen LogP contribution >= 0.6 is 0 Å². The van der Waals surface area contributed by atoms with E-state index in [0.717, 1.165) is 12.1 Å². The molecule has 0 atom stereocenters. The summed E-state index contributed by atoms with van der Waals surface area (Å²) >= 11 is 0. The summed E-state index contributed by atoms with van der Waals surface area (Å²) in [4.78, 5) is 30.1. The van der Waals surface area contributed by atoms with E-state index in [1.165, 1.54) is 17.0 Å². The van der Waals surface area contributed by atoms with Crippen LogP contribution in [-0.2, 0) is 31.2 Å². The normalized spacial score (nSPS) is 13.8. The quantitative estimate of drug-likeness (QED) is 0.835. The number of benzene rings is 1. The van der Waals surface area contributed by atoms with Gasteiger partial charge in [0.15, 0.2) is 11.6 Å². The number of carbonyl (C=O) groups is 1. The first-order valence-corrected chi connectivity index (χ1v) is 7.21. The smallest absolute Gasteiger partial charge is 0.256 e. The molecule has 1 aliphatic rings. The lowest BCUT2D eigenvalue weighted by molar-refractivity contribution is -0.131. The molecule has 1 aromatic heterocycles. The molecule has 120 valence electrons. The van der Waals surface area contributed by atoms with Crippen LogP contribution in [0.3, 0.4) is 0 Å². The SMILES string of the molecule is Cn1cnc2c(c1=O)CCN(C(=O)Cc1ccc(F)c(F)c1)C2. The third-order valence-electron chi connectivity index (χ3n) is 3.98. The summed E-state index contributed by atoms with van der Waals surface area (Å²) in [6.45, 7) is 0.671. The Kier molecular flexibility index (Phi) is 3.94. The second-order valence-corrected chi connectivity index (χ2v) is 5.58. The van der Waals surface area contributed by atoms with Gasteiger partial charge in [-0.05, 0) is 24.1 Å². The van der Waals surface area contributed by atoms with Crippen molar-refractivity contribution in [1.29, 1.82) is 0 Å². The van der Waals surface area contributed by atoms with Crippen molar-refractivity contribution in [2.75, 3.05) is 6.54 Å². The van der Waals surface area contributed by atoms with E-state index in [1.54, 1.807) is 11.9 Å². The minimum atomic E-state index is -0.968. The summed E-state index contributed by atoms with van der Waals surface area (Å²) < 4.78 is 27.5. The Bertz CT molecular complexity index is 833. The van der Waals surface area contributed by atoms with Gasteiger partial charge in [0.2, 0.25) is 5.91 Å². The van der Waals surface area contributed by atoms with Gasteiger partial charge in [0.1, 0.15) is 0 Å². The molecule has 0 aliphatic carbocycles.